The largest absolute Gasteiger partial charge is 0.279 e. The van der Waals surface area contributed by atoms with Crippen molar-refractivity contribution < 1.29 is 13.3 Å². The van der Waals surface area contributed by atoms with Gasteiger partial charge in [0.15, 0.2) is 0 Å². The van der Waals surface area contributed by atoms with E-state index in [1.807, 2.05) is 13.8 Å². The second kappa shape index (κ2) is 6.37. The molecule has 122 valence electrons. The Kier molecular flexibility index (Phi) is 4.70. The highest BCUT2D eigenvalue weighted by Gasteiger charge is 2.19. The van der Waals surface area contributed by atoms with Gasteiger partial charge in [0.05, 0.1) is 21.1 Å². The molecule has 0 fully saturated rings. The van der Waals surface area contributed by atoms with Crippen LogP contribution in [0.2, 0.25) is 0 Å². The molecule has 0 radical (unpaired) electrons. The zero-order valence-corrected chi connectivity index (χ0v) is 13.9. The Hall–Kier alpha value is -2.41. The predicted octanol–water partition coefficient (Wildman–Crippen LogP) is 3.83. The fourth-order valence-corrected chi connectivity index (χ4v) is 3.29. The lowest BCUT2D eigenvalue weighted by Crippen LogP contribution is -2.14. The number of nitrogens with zero attached hydrogens (tertiary/aromatic N) is 1. The third-order valence-electron chi connectivity index (χ3n) is 3.60. The molecule has 0 saturated carbocycles. The molecule has 6 nitrogen and oxygen atoms in total. The second-order valence-electron chi connectivity index (χ2n) is 5.54. The maximum Gasteiger partial charge on any atom is 0.274 e. The Morgan fingerprint density at radius 2 is 1.70 bits per heavy atom. The summed E-state index contributed by atoms with van der Waals surface area (Å²) in [5, 5.41) is 10.9. The van der Waals surface area contributed by atoms with E-state index >= 15 is 0 Å². The molecule has 0 unspecified atom stereocenters. The lowest BCUT2D eigenvalue weighted by Gasteiger charge is -2.12. The van der Waals surface area contributed by atoms with E-state index in [0.29, 0.717) is 5.92 Å². The predicted molar refractivity (Wildman–Crippen MR) is 89.2 cm³/mol. The van der Waals surface area contributed by atoms with E-state index in [1.165, 1.54) is 37.3 Å². The number of hydrogen-bond donors (Lipinski definition) is 1. The molecule has 0 aromatic heterocycles. The molecule has 0 aliphatic rings. The van der Waals surface area contributed by atoms with Gasteiger partial charge in [0.25, 0.3) is 15.7 Å². The first-order chi connectivity index (χ1) is 10.7. The van der Waals surface area contributed by atoms with E-state index in [4.69, 9.17) is 0 Å². The van der Waals surface area contributed by atoms with Crippen molar-refractivity contribution in [3.8, 4) is 0 Å². The fraction of sp³-hybridized carbons (Fsp3) is 0.250. The van der Waals surface area contributed by atoms with E-state index in [1.54, 1.807) is 12.1 Å². The van der Waals surface area contributed by atoms with Crippen LogP contribution in [0.25, 0.3) is 0 Å². The van der Waals surface area contributed by atoms with Crippen LogP contribution in [0.3, 0.4) is 0 Å². The van der Waals surface area contributed by atoms with Crippen LogP contribution >= 0.6 is 0 Å². The van der Waals surface area contributed by atoms with Gasteiger partial charge in [0.1, 0.15) is 0 Å². The normalized spacial score (nSPS) is 11.5. The number of benzene rings is 2. The number of hydrogen-bond acceptors (Lipinski definition) is 4. The Morgan fingerprint density at radius 1 is 1.09 bits per heavy atom. The van der Waals surface area contributed by atoms with E-state index in [0.717, 1.165) is 5.56 Å². The Morgan fingerprint density at radius 3 is 2.22 bits per heavy atom. The quantitative estimate of drug-likeness (QED) is 0.665. The summed E-state index contributed by atoms with van der Waals surface area (Å²) in [5.74, 6) is 0.304. The Balaban J connectivity index is 2.35. The van der Waals surface area contributed by atoms with Crippen molar-refractivity contribution in [2.24, 2.45) is 0 Å². The summed E-state index contributed by atoms with van der Waals surface area (Å²) >= 11 is 0. The SMILES string of the molecule is Cc1c(NS(=O)(=O)c2ccc(C(C)C)cc2)cccc1[N+](=O)[O-]. The lowest BCUT2D eigenvalue weighted by atomic mass is 10.0. The van der Waals surface area contributed by atoms with Crippen LogP contribution < -0.4 is 4.72 Å². The molecule has 0 aliphatic heterocycles. The number of rotatable bonds is 5. The highest BCUT2D eigenvalue weighted by Crippen LogP contribution is 2.27. The lowest BCUT2D eigenvalue weighted by molar-refractivity contribution is -0.385. The molecule has 1 N–H and O–H groups in total. The average molecular weight is 334 g/mol. The van der Waals surface area contributed by atoms with Crippen molar-refractivity contribution in [2.45, 2.75) is 31.6 Å². The van der Waals surface area contributed by atoms with Crippen LogP contribution in [0.15, 0.2) is 47.4 Å². The van der Waals surface area contributed by atoms with E-state index < -0.39 is 14.9 Å². The minimum Gasteiger partial charge on any atom is -0.279 e. The highest BCUT2D eigenvalue weighted by molar-refractivity contribution is 7.92. The molecule has 2 aromatic rings. The van der Waals surface area contributed by atoms with Crippen molar-refractivity contribution in [3.05, 3.63) is 63.7 Å². The summed E-state index contributed by atoms with van der Waals surface area (Å²) in [6.07, 6.45) is 0. The molecule has 7 heteroatoms. The second-order valence-corrected chi connectivity index (χ2v) is 7.22. The van der Waals surface area contributed by atoms with Crippen molar-refractivity contribution in [1.29, 1.82) is 0 Å². The van der Waals surface area contributed by atoms with Gasteiger partial charge in [-0.15, -0.1) is 0 Å². The number of sulfonamides is 1. The minimum absolute atomic E-state index is 0.118. The van der Waals surface area contributed by atoms with Gasteiger partial charge in [0, 0.05) is 6.07 Å². The molecule has 2 rings (SSSR count). The zero-order valence-electron chi connectivity index (χ0n) is 13.1. The van der Waals surface area contributed by atoms with Gasteiger partial charge < -0.3 is 0 Å². The van der Waals surface area contributed by atoms with Gasteiger partial charge in [-0.2, -0.15) is 0 Å². The first kappa shape index (κ1) is 17.0. The van der Waals surface area contributed by atoms with Crippen LogP contribution in [0, 0.1) is 17.0 Å². The number of nitro groups is 1. The van der Waals surface area contributed by atoms with Crippen molar-refractivity contribution >= 4 is 21.4 Å². The Bertz CT molecular complexity index is 828. The molecular formula is C16H18N2O4S. The first-order valence-corrected chi connectivity index (χ1v) is 8.57. The summed E-state index contributed by atoms with van der Waals surface area (Å²) < 4.78 is 27.3. The standard InChI is InChI=1S/C16H18N2O4S/c1-11(2)13-7-9-14(10-8-13)23(21,22)17-15-5-4-6-16(12(15)3)18(19)20/h4-11,17H,1-3H3. The maximum absolute atomic E-state index is 12.4. The molecule has 0 heterocycles. The monoisotopic (exact) mass is 334 g/mol. The highest BCUT2D eigenvalue weighted by atomic mass is 32.2. The molecule has 0 spiro atoms. The first-order valence-electron chi connectivity index (χ1n) is 7.09. The van der Waals surface area contributed by atoms with Gasteiger partial charge in [-0.25, -0.2) is 8.42 Å². The summed E-state index contributed by atoms with van der Waals surface area (Å²) in [6.45, 7) is 5.56. The van der Waals surface area contributed by atoms with E-state index in [-0.39, 0.29) is 21.8 Å². The van der Waals surface area contributed by atoms with Gasteiger partial charge >= 0.3 is 0 Å². The number of nitrogens with one attached hydrogen (secondary N) is 1. The number of nitro benzene ring substituents is 1. The minimum atomic E-state index is -3.79. The molecule has 23 heavy (non-hydrogen) atoms. The van der Waals surface area contributed by atoms with Gasteiger partial charge in [-0.05, 0) is 36.6 Å². The summed E-state index contributed by atoms with van der Waals surface area (Å²) in [5.41, 5.74) is 1.39. The molecular weight excluding hydrogens is 316 g/mol. The molecule has 0 saturated heterocycles. The smallest absolute Gasteiger partial charge is 0.274 e. The maximum atomic E-state index is 12.4. The molecule has 2 aromatic carbocycles. The van der Waals surface area contributed by atoms with E-state index in [2.05, 4.69) is 4.72 Å². The fourth-order valence-electron chi connectivity index (χ4n) is 2.17. The van der Waals surface area contributed by atoms with Gasteiger partial charge in [0.2, 0.25) is 0 Å². The van der Waals surface area contributed by atoms with Crippen molar-refractivity contribution in [3.63, 3.8) is 0 Å². The van der Waals surface area contributed by atoms with Crippen LogP contribution in [-0.4, -0.2) is 13.3 Å². The summed E-state index contributed by atoms with van der Waals surface area (Å²) in [7, 11) is -3.79. The van der Waals surface area contributed by atoms with E-state index in [9.17, 15) is 18.5 Å². The third-order valence-corrected chi connectivity index (χ3v) is 4.98. The van der Waals surface area contributed by atoms with Gasteiger partial charge in [-0.1, -0.05) is 32.0 Å². The Labute approximate surface area is 135 Å². The molecule has 0 amide bonds. The van der Waals surface area contributed by atoms with Crippen molar-refractivity contribution in [1.82, 2.24) is 0 Å². The number of anilines is 1. The summed E-state index contributed by atoms with van der Waals surface area (Å²) in [4.78, 5) is 10.5. The molecule has 0 bridgehead atoms. The average Bonchev–Trinajstić information content (AvgIpc) is 2.49. The topological polar surface area (TPSA) is 89.3 Å². The molecule has 0 aliphatic carbocycles. The third kappa shape index (κ3) is 3.68. The van der Waals surface area contributed by atoms with Crippen LogP contribution in [-0.2, 0) is 10.0 Å². The van der Waals surface area contributed by atoms with Crippen LogP contribution in [0.1, 0.15) is 30.9 Å². The van der Waals surface area contributed by atoms with Crippen LogP contribution in [0.4, 0.5) is 11.4 Å². The van der Waals surface area contributed by atoms with Crippen molar-refractivity contribution in [2.75, 3.05) is 4.72 Å². The van der Waals surface area contributed by atoms with Gasteiger partial charge in [-0.3, -0.25) is 14.8 Å². The summed E-state index contributed by atoms with van der Waals surface area (Å²) in [6, 6.07) is 10.9. The van der Waals surface area contributed by atoms with Crippen LogP contribution in [0.5, 0.6) is 0 Å². The zero-order chi connectivity index (χ0) is 17.2. The molecule has 0 atom stereocenters.